The lowest BCUT2D eigenvalue weighted by molar-refractivity contribution is 0.475. The minimum absolute atomic E-state index is 0.221. The highest BCUT2D eigenvalue weighted by molar-refractivity contribution is 6.30. The molecule has 0 aliphatic rings. The van der Waals surface area contributed by atoms with Gasteiger partial charge < -0.3 is 10.2 Å². The Kier molecular flexibility index (Phi) is 5.03. The third-order valence-corrected chi connectivity index (χ3v) is 5.24. The summed E-state index contributed by atoms with van der Waals surface area (Å²) in [5.74, 6) is 0.442. The first-order chi connectivity index (χ1) is 14.0. The monoisotopic (exact) mass is 404 g/mol. The zero-order valence-electron chi connectivity index (χ0n) is 16.2. The van der Waals surface area contributed by atoms with E-state index in [2.05, 4.69) is 6.92 Å². The van der Waals surface area contributed by atoms with E-state index in [0.29, 0.717) is 5.02 Å². The number of phenolic OH excluding ortho intramolecular Hbond substituents is 2. The minimum atomic E-state index is 0.221. The van der Waals surface area contributed by atoms with Crippen molar-refractivity contribution in [3.8, 4) is 39.7 Å². The Labute approximate surface area is 174 Å². The van der Waals surface area contributed by atoms with Crippen LogP contribution in [0.2, 0.25) is 5.02 Å². The standard InChI is InChI=1S/C24H21ClN2O2/c1-3-21-23(16-4-9-19(28)10-5-16)26-27(22-13-8-18(25)14-15(22)2)24(21)17-6-11-20(29)12-7-17/h4-14,28-29H,3H2,1-2H3. The Balaban J connectivity index is 2.02. The molecule has 146 valence electrons. The van der Waals surface area contributed by atoms with E-state index in [1.165, 1.54) is 0 Å². The van der Waals surface area contributed by atoms with E-state index in [-0.39, 0.29) is 11.5 Å². The van der Waals surface area contributed by atoms with Crippen LogP contribution >= 0.6 is 11.6 Å². The largest absolute Gasteiger partial charge is 0.508 e. The summed E-state index contributed by atoms with van der Waals surface area (Å²) in [6.07, 6.45) is 0.777. The Hall–Kier alpha value is -3.24. The fourth-order valence-corrected chi connectivity index (χ4v) is 3.81. The van der Waals surface area contributed by atoms with Crippen molar-refractivity contribution in [2.24, 2.45) is 0 Å². The molecular formula is C24H21ClN2O2. The molecule has 0 unspecified atom stereocenters. The molecule has 0 atom stereocenters. The highest BCUT2D eigenvalue weighted by atomic mass is 35.5. The number of nitrogens with zero attached hydrogens (tertiary/aromatic N) is 2. The second kappa shape index (κ2) is 7.64. The van der Waals surface area contributed by atoms with Gasteiger partial charge in [0.05, 0.1) is 17.1 Å². The first-order valence-electron chi connectivity index (χ1n) is 9.45. The predicted octanol–water partition coefficient (Wildman–Crippen LogP) is 6.14. The molecule has 29 heavy (non-hydrogen) atoms. The Morgan fingerprint density at radius 3 is 2.00 bits per heavy atom. The molecule has 0 fully saturated rings. The molecule has 1 heterocycles. The highest BCUT2D eigenvalue weighted by Gasteiger charge is 2.21. The zero-order chi connectivity index (χ0) is 20.5. The molecule has 0 saturated carbocycles. The quantitative estimate of drug-likeness (QED) is 0.429. The van der Waals surface area contributed by atoms with Crippen LogP contribution in [-0.4, -0.2) is 20.0 Å². The van der Waals surface area contributed by atoms with Crippen LogP contribution in [0, 0.1) is 6.92 Å². The van der Waals surface area contributed by atoms with Gasteiger partial charge in [-0.15, -0.1) is 0 Å². The second-order valence-electron chi connectivity index (χ2n) is 6.97. The molecular weight excluding hydrogens is 384 g/mol. The molecule has 0 saturated heterocycles. The molecule has 4 nitrogen and oxygen atoms in total. The average Bonchev–Trinajstić information content (AvgIpc) is 3.08. The van der Waals surface area contributed by atoms with Crippen molar-refractivity contribution in [3.63, 3.8) is 0 Å². The predicted molar refractivity (Wildman–Crippen MR) is 117 cm³/mol. The summed E-state index contributed by atoms with van der Waals surface area (Å²) >= 11 is 6.17. The van der Waals surface area contributed by atoms with Gasteiger partial charge in [0.15, 0.2) is 0 Å². The summed E-state index contributed by atoms with van der Waals surface area (Å²) in [6.45, 7) is 4.11. The van der Waals surface area contributed by atoms with Crippen LogP contribution in [0.1, 0.15) is 18.1 Å². The number of benzene rings is 3. The summed E-state index contributed by atoms with van der Waals surface area (Å²) in [4.78, 5) is 0. The number of halogens is 1. The van der Waals surface area contributed by atoms with Gasteiger partial charge in [0.1, 0.15) is 11.5 Å². The summed E-state index contributed by atoms with van der Waals surface area (Å²) in [6, 6.07) is 20.0. The van der Waals surface area contributed by atoms with Crippen molar-refractivity contribution in [2.75, 3.05) is 0 Å². The van der Waals surface area contributed by atoms with Gasteiger partial charge in [0.2, 0.25) is 0 Å². The fourth-order valence-electron chi connectivity index (χ4n) is 3.58. The molecule has 0 aliphatic heterocycles. The first-order valence-corrected chi connectivity index (χ1v) is 9.83. The van der Waals surface area contributed by atoms with Gasteiger partial charge in [0.25, 0.3) is 0 Å². The van der Waals surface area contributed by atoms with E-state index in [1.807, 2.05) is 54.1 Å². The number of aryl methyl sites for hydroxylation is 1. The molecule has 0 aliphatic carbocycles. The normalized spacial score (nSPS) is 11.0. The topological polar surface area (TPSA) is 58.3 Å². The maximum absolute atomic E-state index is 9.74. The van der Waals surface area contributed by atoms with E-state index in [4.69, 9.17) is 16.7 Å². The van der Waals surface area contributed by atoms with Gasteiger partial charge in [-0.05, 0) is 85.6 Å². The van der Waals surface area contributed by atoms with E-state index in [1.54, 1.807) is 24.3 Å². The third kappa shape index (κ3) is 3.59. The molecule has 5 heteroatoms. The lowest BCUT2D eigenvalue weighted by atomic mass is 9.99. The van der Waals surface area contributed by atoms with E-state index in [9.17, 15) is 10.2 Å². The number of phenols is 2. The van der Waals surface area contributed by atoms with Gasteiger partial charge in [-0.1, -0.05) is 18.5 Å². The fraction of sp³-hybridized carbons (Fsp3) is 0.125. The molecule has 4 rings (SSSR count). The molecule has 0 bridgehead atoms. The SMILES string of the molecule is CCc1c(-c2ccc(O)cc2)nn(-c2ccc(Cl)cc2C)c1-c1ccc(O)cc1. The smallest absolute Gasteiger partial charge is 0.115 e. The molecule has 1 aromatic heterocycles. The summed E-state index contributed by atoms with van der Waals surface area (Å²) < 4.78 is 1.94. The molecule has 2 N–H and O–H groups in total. The van der Waals surface area contributed by atoms with Crippen molar-refractivity contribution >= 4 is 11.6 Å². The van der Waals surface area contributed by atoms with Gasteiger partial charge in [-0.3, -0.25) is 0 Å². The summed E-state index contributed by atoms with van der Waals surface area (Å²) in [7, 11) is 0. The van der Waals surface area contributed by atoms with Crippen LogP contribution in [0.4, 0.5) is 0 Å². The Morgan fingerprint density at radius 2 is 1.45 bits per heavy atom. The van der Waals surface area contributed by atoms with Crippen LogP contribution in [0.15, 0.2) is 66.7 Å². The van der Waals surface area contributed by atoms with Gasteiger partial charge in [0, 0.05) is 21.7 Å². The van der Waals surface area contributed by atoms with E-state index < -0.39 is 0 Å². The number of hydrogen-bond acceptors (Lipinski definition) is 3. The second-order valence-corrected chi connectivity index (χ2v) is 7.40. The van der Waals surface area contributed by atoms with E-state index in [0.717, 1.165) is 45.7 Å². The molecule has 0 radical (unpaired) electrons. The number of aromatic nitrogens is 2. The Morgan fingerprint density at radius 1 is 0.862 bits per heavy atom. The number of hydrogen-bond donors (Lipinski definition) is 2. The van der Waals surface area contributed by atoms with Crippen LogP contribution in [-0.2, 0) is 6.42 Å². The average molecular weight is 405 g/mol. The number of aromatic hydroxyl groups is 2. The van der Waals surface area contributed by atoms with Gasteiger partial charge in [-0.2, -0.15) is 5.10 Å². The van der Waals surface area contributed by atoms with Crippen LogP contribution in [0.5, 0.6) is 11.5 Å². The lowest BCUT2D eigenvalue weighted by Gasteiger charge is -2.12. The Bertz CT molecular complexity index is 1160. The summed E-state index contributed by atoms with van der Waals surface area (Å²) in [5, 5.41) is 25.1. The summed E-state index contributed by atoms with van der Waals surface area (Å²) in [5.41, 5.74) is 6.79. The van der Waals surface area contributed by atoms with Crippen molar-refractivity contribution in [1.82, 2.24) is 9.78 Å². The maximum Gasteiger partial charge on any atom is 0.115 e. The minimum Gasteiger partial charge on any atom is -0.508 e. The van der Waals surface area contributed by atoms with E-state index >= 15 is 0 Å². The zero-order valence-corrected chi connectivity index (χ0v) is 17.0. The lowest BCUT2D eigenvalue weighted by Crippen LogP contribution is -2.02. The van der Waals surface area contributed by atoms with Crippen molar-refractivity contribution in [3.05, 3.63) is 82.9 Å². The molecule has 4 aromatic rings. The maximum atomic E-state index is 9.74. The van der Waals surface area contributed by atoms with Crippen molar-refractivity contribution in [2.45, 2.75) is 20.3 Å². The van der Waals surface area contributed by atoms with Gasteiger partial charge >= 0.3 is 0 Å². The van der Waals surface area contributed by atoms with Crippen molar-refractivity contribution in [1.29, 1.82) is 0 Å². The van der Waals surface area contributed by atoms with Crippen molar-refractivity contribution < 1.29 is 10.2 Å². The van der Waals surface area contributed by atoms with Crippen LogP contribution in [0.3, 0.4) is 0 Å². The molecule has 0 amide bonds. The molecule has 3 aromatic carbocycles. The first kappa shape index (κ1) is 19.1. The van der Waals surface area contributed by atoms with Crippen LogP contribution < -0.4 is 0 Å². The third-order valence-electron chi connectivity index (χ3n) is 5.01. The number of rotatable bonds is 4. The van der Waals surface area contributed by atoms with Gasteiger partial charge in [-0.25, -0.2) is 4.68 Å². The highest BCUT2D eigenvalue weighted by Crippen LogP contribution is 2.36. The van der Waals surface area contributed by atoms with Crippen LogP contribution in [0.25, 0.3) is 28.2 Å². The molecule has 0 spiro atoms.